The molecule has 3 aliphatic rings. The second-order valence-corrected chi connectivity index (χ2v) is 7.19. The Labute approximate surface area is 136 Å². The van der Waals surface area contributed by atoms with Crippen LogP contribution in [0.5, 0.6) is 0 Å². The standard InChI is InChI=1S/C18H23N3O2/c22-16-6-5-15(17(23)20-16)13-1-3-14(4-2-13)21-9-7-18(8-10-21)11-19-12-18/h1-4,15,19H,5-12H2,(H,20,22,23). The topological polar surface area (TPSA) is 61.4 Å². The minimum Gasteiger partial charge on any atom is -0.371 e. The molecule has 0 aliphatic carbocycles. The summed E-state index contributed by atoms with van der Waals surface area (Å²) in [4.78, 5) is 25.6. The van der Waals surface area contributed by atoms with Crippen molar-refractivity contribution in [1.82, 2.24) is 10.6 Å². The summed E-state index contributed by atoms with van der Waals surface area (Å²) in [6, 6.07) is 8.33. The smallest absolute Gasteiger partial charge is 0.234 e. The molecule has 3 fully saturated rings. The molecule has 0 aromatic heterocycles. The highest BCUT2D eigenvalue weighted by Crippen LogP contribution is 2.36. The highest BCUT2D eigenvalue weighted by atomic mass is 16.2. The van der Waals surface area contributed by atoms with E-state index in [1.165, 1.54) is 31.6 Å². The van der Waals surface area contributed by atoms with Crippen molar-refractivity contribution in [3.63, 3.8) is 0 Å². The Morgan fingerprint density at radius 1 is 1.04 bits per heavy atom. The summed E-state index contributed by atoms with van der Waals surface area (Å²) < 4.78 is 0. The number of carbonyl (C=O) groups excluding carboxylic acids is 2. The van der Waals surface area contributed by atoms with Crippen LogP contribution < -0.4 is 15.5 Å². The summed E-state index contributed by atoms with van der Waals surface area (Å²) >= 11 is 0. The van der Waals surface area contributed by atoms with Crippen LogP contribution in [-0.4, -0.2) is 38.0 Å². The van der Waals surface area contributed by atoms with Gasteiger partial charge in [0.1, 0.15) is 0 Å². The second kappa shape index (κ2) is 5.64. The zero-order valence-corrected chi connectivity index (χ0v) is 13.3. The first-order chi connectivity index (χ1) is 11.2. The quantitative estimate of drug-likeness (QED) is 0.810. The molecule has 1 unspecified atom stereocenters. The zero-order chi connectivity index (χ0) is 15.9. The second-order valence-electron chi connectivity index (χ2n) is 7.19. The van der Waals surface area contributed by atoms with Crippen LogP contribution in [0.2, 0.25) is 0 Å². The van der Waals surface area contributed by atoms with Gasteiger partial charge in [-0.05, 0) is 42.4 Å². The van der Waals surface area contributed by atoms with Gasteiger partial charge < -0.3 is 10.2 Å². The lowest BCUT2D eigenvalue weighted by atomic mass is 9.73. The lowest BCUT2D eigenvalue weighted by Gasteiger charge is -2.49. The summed E-state index contributed by atoms with van der Waals surface area (Å²) in [5.74, 6) is -0.505. The summed E-state index contributed by atoms with van der Waals surface area (Å²) in [5.41, 5.74) is 2.81. The first-order valence-electron chi connectivity index (χ1n) is 8.55. The Bertz CT molecular complexity index is 612. The lowest BCUT2D eigenvalue weighted by molar-refractivity contribution is -0.134. The molecule has 5 nitrogen and oxygen atoms in total. The van der Waals surface area contributed by atoms with Crippen molar-refractivity contribution < 1.29 is 9.59 Å². The minimum absolute atomic E-state index is 0.157. The van der Waals surface area contributed by atoms with E-state index < -0.39 is 0 Å². The molecule has 122 valence electrons. The van der Waals surface area contributed by atoms with Gasteiger partial charge in [-0.25, -0.2) is 0 Å². The summed E-state index contributed by atoms with van der Waals surface area (Å²) in [6.45, 7) is 4.57. The van der Waals surface area contributed by atoms with E-state index in [0.29, 0.717) is 18.3 Å². The number of hydrogen-bond acceptors (Lipinski definition) is 4. The Morgan fingerprint density at radius 2 is 1.74 bits per heavy atom. The van der Waals surface area contributed by atoms with Crippen molar-refractivity contribution >= 4 is 17.5 Å². The van der Waals surface area contributed by atoms with Crippen LogP contribution in [0.25, 0.3) is 0 Å². The first kappa shape index (κ1) is 14.7. The maximum Gasteiger partial charge on any atom is 0.234 e. The predicted molar refractivity (Wildman–Crippen MR) is 88.3 cm³/mol. The van der Waals surface area contributed by atoms with Gasteiger partial charge in [0.05, 0.1) is 5.92 Å². The van der Waals surface area contributed by atoms with E-state index in [4.69, 9.17) is 0 Å². The van der Waals surface area contributed by atoms with Crippen molar-refractivity contribution in [3.05, 3.63) is 29.8 Å². The molecule has 3 heterocycles. The van der Waals surface area contributed by atoms with Crippen molar-refractivity contribution in [3.8, 4) is 0 Å². The largest absolute Gasteiger partial charge is 0.371 e. The number of imide groups is 1. The van der Waals surface area contributed by atoms with Crippen LogP contribution in [0, 0.1) is 5.41 Å². The highest BCUT2D eigenvalue weighted by Gasteiger charge is 2.39. The maximum atomic E-state index is 12.0. The SMILES string of the molecule is O=C1CCC(c2ccc(N3CCC4(CC3)CNC4)cc2)C(=O)N1. The molecular weight excluding hydrogens is 290 g/mol. The van der Waals surface area contributed by atoms with Gasteiger partial charge in [-0.1, -0.05) is 12.1 Å². The summed E-state index contributed by atoms with van der Waals surface area (Å²) in [7, 11) is 0. The van der Waals surface area contributed by atoms with Crippen LogP contribution in [0.4, 0.5) is 5.69 Å². The lowest BCUT2D eigenvalue weighted by Crippen LogP contribution is -2.58. The number of rotatable bonds is 2. The van der Waals surface area contributed by atoms with Crippen molar-refractivity contribution in [2.75, 3.05) is 31.1 Å². The fourth-order valence-electron chi connectivity index (χ4n) is 4.00. The van der Waals surface area contributed by atoms with E-state index in [-0.39, 0.29) is 17.7 Å². The first-order valence-corrected chi connectivity index (χ1v) is 8.55. The Hall–Kier alpha value is -1.88. The molecule has 2 N–H and O–H groups in total. The minimum atomic E-state index is -0.188. The van der Waals surface area contributed by atoms with E-state index in [2.05, 4.69) is 27.7 Å². The van der Waals surface area contributed by atoms with Gasteiger partial charge in [-0.15, -0.1) is 0 Å². The van der Waals surface area contributed by atoms with Gasteiger partial charge in [0.15, 0.2) is 0 Å². The number of carbonyl (C=O) groups is 2. The van der Waals surface area contributed by atoms with Gasteiger partial charge in [0.2, 0.25) is 11.8 Å². The highest BCUT2D eigenvalue weighted by molar-refractivity contribution is 6.00. The Morgan fingerprint density at radius 3 is 2.30 bits per heavy atom. The number of nitrogens with one attached hydrogen (secondary N) is 2. The Kier molecular flexibility index (Phi) is 3.60. The molecule has 4 rings (SSSR count). The van der Waals surface area contributed by atoms with Gasteiger partial charge >= 0.3 is 0 Å². The fraction of sp³-hybridized carbons (Fsp3) is 0.556. The van der Waals surface area contributed by atoms with E-state index in [9.17, 15) is 9.59 Å². The summed E-state index contributed by atoms with van der Waals surface area (Å²) in [6.07, 6.45) is 3.56. The number of benzene rings is 1. The molecule has 1 spiro atoms. The number of nitrogens with zero attached hydrogens (tertiary/aromatic N) is 1. The third kappa shape index (κ3) is 2.74. The number of hydrogen-bond donors (Lipinski definition) is 2. The average Bonchev–Trinajstić information content (AvgIpc) is 2.54. The zero-order valence-electron chi connectivity index (χ0n) is 13.3. The summed E-state index contributed by atoms with van der Waals surface area (Å²) in [5, 5.41) is 5.83. The fourth-order valence-corrected chi connectivity index (χ4v) is 4.00. The van der Waals surface area contributed by atoms with Gasteiger partial charge in [0.25, 0.3) is 0 Å². The molecule has 1 aromatic carbocycles. The third-order valence-corrected chi connectivity index (χ3v) is 5.72. The molecule has 23 heavy (non-hydrogen) atoms. The molecule has 2 amide bonds. The molecule has 1 atom stereocenters. The normalized spacial score (nSPS) is 26.8. The number of amides is 2. The maximum absolute atomic E-state index is 12.0. The molecule has 0 bridgehead atoms. The molecule has 1 aromatic rings. The van der Waals surface area contributed by atoms with Crippen LogP contribution >= 0.6 is 0 Å². The molecule has 5 heteroatoms. The molecule has 0 radical (unpaired) electrons. The molecule has 0 saturated carbocycles. The van der Waals surface area contributed by atoms with E-state index in [1.807, 2.05) is 12.1 Å². The Balaban J connectivity index is 1.42. The van der Waals surface area contributed by atoms with Crippen LogP contribution in [0.15, 0.2) is 24.3 Å². The monoisotopic (exact) mass is 313 g/mol. The third-order valence-electron chi connectivity index (χ3n) is 5.72. The van der Waals surface area contributed by atoms with Crippen LogP contribution in [-0.2, 0) is 9.59 Å². The predicted octanol–water partition coefficient (Wildman–Crippen LogP) is 1.40. The van der Waals surface area contributed by atoms with E-state index in [0.717, 1.165) is 18.7 Å². The van der Waals surface area contributed by atoms with Crippen molar-refractivity contribution in [2.45, 2.75) is 31.6 Å². The van der Waals surface area contributed by atoms with Crippen LogP contribution in [0.1, 0.15) is 37.2 Å². The molecule has 3 aliphatic heterocycles. The van der Waals surface area contributed by atoms with E-state index in [1.54, 1.807) is 0 Å². The van der Waals surface area contributed by atoms with Gasteiger partial charge in [-0.2, -0.15) is 0 Å². The van der Waals surface area contributed by atoms with E-state index >= 15 is 0 Å². The average molecular weight is 313 g/mol. The number of anilines is 1. The van der Waals surface area contributed by atoms with Crippen molar-refractivity contribution in [2.24, 2.45) is 5.41 Å². The van der Waals surface area contributed by atoms with Gasteiger partial charge in [0, 0.05) is 38.3 Å². The van der Waals surface area contributed by atoms with Crippen LogP contribution in [0.3, 0.4) is 0 Å². The number of piperidine rings is 2. The van der Waals surface area contributed by atoms with Crippen molar-refractivity contribution in [1.29, 1.82) is 0 Å². The van der Waals surface area contributed by atoms with Gasteiger partial charge in [-0.3, -0.25) is 14.9 Å². The molecular formula is C18H23N3O2. The molecule has 3 saturated heterocycles.